The molecule has 3 heteroatoms. The number of phenols is 1. The van der Waals surface area contributed by atoms with Crippen molar-refractivity contribution in [3.8, 4) is 17.6 Å². The second-order valence-electron chi connectivity index (χ2n) is 2.34. The van der Waals surface area contributed by atoms with Crippen molar-refractivity contribution in [2.45, 2.75) is 6.42 Å². The highest BCUT2D eigenvalue weighted by molar-refractivity contribution is 5.55. The number of carbonyl (C=O) groups is 1. The van der Waals surface area contributed by atoms with Gasteiger partial charge in [0.15, 0.2) is 11.6 Å². The fourth-order valence-electron chi connectivity index (χ4n) is 0.779. The number of benzene rings is 1. The molecule has 0 heterocycles. The summed E-state index contributed by atoms with van der Waals surface area (Å²) in [6.07, 6.45) is 0.798. The highest BCUT2D eigenvalue weighted by Crippen LogP contribution is 2.15. The van der Waals surface area contributed by atoms with Gasteiger partial charge in [-0.3, -0.25) is 0 Å². The van der Waals surface area contributed by atoms with Crippen molar-refractivity contribution < 1.29 is 14.3 Å². The van der Waals surface area contributed by atoms with Crippen LogP contribution in [0.2, 0.25) is 0 Å². The highest BCUT2D eigenvalue weighted by Gasteiger charge is 1.98. The van der Waals surface area contributed by atoms with E-state index in [2.05, 4.69) is 11.8 Å². The molecule has 0 aromatic heterocycles. The standard InChI is InChI=1S/C10H7FO2/c11-9-7-8(3-1-2-6-12)4-5-10(9)13/h4-7,13H,2H2. The molecule has 0 aliphatic carbocycles. The van der Waals surface area contributed by atoms with E-state index in [0.29, 0.717) is 11.8 Å². The third-order valence-electron chi connectivity index (χ3n) is 1.37. The molecule has 1 N–H and O–H groups in total. The van der Waals surface area contributed by atoms with Crippen LogP contribution in [0.3, 0.4) is 0 Å². The minimum absolute atomic E-state index is 0.127. The second-order valence-corrected chi connectivity index (χ2v) is 2.34. The lowest BCUT2D eigenvalue weighted by atomic mass is 10.2. The van der Waals surface area contributed by atoms with E-state index < -0.39 is 11.6 Å². The Balaban J connectivity index is 2.87. The van der Waals surface area contributed by atoms with Gasteiger partial charge in [0.1, 0.15) is 6.29 Å². The van der Waals surface area contributed by atoms with Gasteiger partial charge in [0.25, 0.3) is 0 Å². The summed E-state index contributed by atoms with van der Waals surface area (Å²) in [4.78, 5) is 9.90. The molecule has 0 unspecified atom stereocenters. The Morgan fingerprint density at radius 2 is 2.31 bits per heavy atom. The number of hydrogen-bond donors (Lipinski definition) is 1. The van der Waals surface area contributed by atoms with Gasteiger partial charge < -0.3 is 9.90 Å². The third-order valence-corrected chi connectivity index (χ3v) is 1.37. The van der Waals surface area contributed by atoms with Crippen molar-refractivity contribution in [3.05, 3.63) is 29.6 Å². The average Bonchev–Trinajstić information content (AvgIpc) is 2.12. The lowest BCUT2D eigenvalue weighted by Gasteiger charge is -1.93. The minimum Gasteiger partial charge on any atom is -0.505 e. The van der Waals surface area contributed by atoms with Crippen LogP contribution in [0.15, 0.2) is 18.2 Å². The maximum Gasteiger partial charge on any atom is 0.166 e. The Morgan fingerprint density at radius 3 is 2.92 bits per heavy atom. The molecule has 0 spiro atoms. The summed E-state index contributed by atoms with van der Waals surface area (Å²) in [5.74, 6) is 4.00. The molecule has 0 bridgehead atoms. The largest absolute Gasteiger partial charge is 0.505 e. The van der Waals surface area contributed by atoms with E-state index in [4.69, 9.17) is 5.11 Å². The normalized spacial score (nSPS) is 8.69. The summed E-state index contributed by atoms with van der Waals surface area (Å²) in [6, 6.07) is 3.82. The minimum atomic E-state index is -0.710. The van der Waals surface area contributed by atoms with E-state index in [-0.39, 0.29) is 6.42 Å². The molecule has 1 rings (SSSR count). The third kappa shape index (κ3) is 2.60. The molecular weight excluding hydrogens is 171 g/mol. The molecule has 0 aliphatic heterocycles. The Kier molecular flexibility index (Phi) is 3.04. The van der Waals surface area contributed by atoms with E-state index in [1.165, 1.54) is 12.1 Å². The lowest BCUT2D eigenvalue weighted by Crippen LogP contribution is -1.79. The molecule has 0 aliphatic rings. The van der Waals surface area contributed by atoms with E-state index >= 15 is 0 Å². The van der Waals surface area contributed by atoms with Crippen molar-refractivity contribution >= 4 is 6.29 Å². The van der Waals surface area contributed by atoms with Crippen LogP contribution in [0.25, 0.3) is 0 Å². The molecule has 2 nitrogen and oxygen atoms in total. The number of aromatic hydroxyl groups is 1. The van der Waals surface area contributed by atoms with Crippen LogP contribution in [-0.2, 0) is 4.79 Å². The van der Waals surface area contributed by atoms with Gasteiger partial charge in [-0.05, 0) is 18.2 Å². The van der Waals surface area contributed by atoms with E-state index in [0.717, 1.165) is 6.07 Å². The summed E-state index contributed by atoms with van der Waals surface area (Å²) >= 11 is 0. The molecule has 1 aromatic carbocycles. The molecular formula is C10H7FO2. The van der Waals surface area contributed by atoms with Gasteiger partial charge in [-0.2, -0.15) is 0 Å². The predicted molar refractivity (Wildman–Crippen MR) is 45.6 cm³/mol. The van der Waals surface area contributed by atoms with E-state index in [9.17, 15) is 9.18 Å². The molecule has 13 heavy (non-hydrogen) atoms. The van der Waals surface area contributed by atoms with Crippen LogP contribution >= 0.6 is 0 Å². The SMILES string of the molecule is O=CCC#Cc1ccc(O)c(F)c1. The van der Waals surface area contributed by atoms with Gasteiger partial charge in [0.05, 0.1) is 6.42 Å². The van der Waals surface area contributed by atoms with Gasteiger partial charge in [-0.25, -0.2) is 4.39 Å². The Morgan fingerprint density at radius 1 is 1.54 bits per heavy atom. The van der Waals surface area contributed by atoms with Crippen LogP contribution in [0.1, 0.15) is 12.0 Å². The monoisotopic (exact) mass is 178 g/mol. The van der Waals surface area contributed by atoms with Crippen LogP contribution < -0.4 is 0 Å². The number of carbonyl (C=O) groups excluding carboxylic acids is 1. The number of hydrogen-bond acceptors (Lipinski definition) is 2. The summed E-state index contributed by atoms with van der Waals surface area (Å²) in [7, 11) is 0. The van der Waals surface area contributed by atoms with Crippen LogP contribution in [0.5, 0.6) is 5.75 Å². The van der Waals surface area contributed by atoms with E-state index in [1.807, 2.05) is 0 Å². The van der Waals surface area contributed by atoms with E-state index in [1.54, 1.807) is 0 Å². The summed E-state index contributed by atoms with van der Waals surface area (Å²) in [5, 5.41) is 8.84. The van der Waals surface area contributed by atoms with Crippen LogP contribution in [0.4, 0.5) is 4.39 Å². The number of halogens is 1. The van der Waals surface area contributed by atoms with Crippen LogP contribution in [0, 0.1) is 17.7 Å². The Hall–Kier alpha value is -1.82. The zero-order chi connectivity index (χ0) is 9.68. The fourth-order valence-corrected chi connectivity index (χ4v) is 0.779. The van der Waals surface area contributed by atoms with Gasteiger partial charge in [-0.1, -0.05) is 11.8 Å². The number of phenolic OH excluding ortho intramolecular Hbond substituents is 1. The molecule has 0 saturated heterocycles. The quantitative estimate of drug-likeness (QED) is 0.522. The molecule has 1 aromatic rings. The first-order chi connectivity index (χ1) is 6.24. The average molecular weight is 178 g/mol. The Labute approximate surface area is 75.0 Å². The topological polar surface area (TPSA) is 37.3 Å². The molecule has 0 amide bonds. The van der Waals surface area contributed by atoms with Gasteiger partial charge in [-0.15, -0.1) is 0 Å². The second kappa shape index (κ2) is 4.27. The zero-order valence-corrected chi connectivity index (χ0v) is 6.75. The summed E-state index contributed by atoms with van der Waals surface area (Å²) < 4.78 is 12.7. The van der Waals surface area contributed by atoms with Crippen molar-refractivity contribution in [2.24, 2.45) is 0 Å². The van der Waals surface area contributed by atoms with Gasteiger partial charge in [0, 0.05) is 5.56 Å². The zero-order valence-electron chi connectivity index (χ0n) is 6.75. The molecule has 0 fully saturated rings. The van der Waals surface area contributed by atoms with Crippen LogP contribution in [-0.4, -0.2) is 11.4 Å². The smallest absolute Gasteiger partial charge is 0.166 e. The van der Waals surface area contributed by atoms with Crippen molar-refractivity contribution in [3.63, 3.8) is 0 Å². The van der Waals surface area contributed by atoms with Crippen molar-refractivity contribution in [1.29, 1.82) is 0 Å². The van der Waals surface area contributed by atoms with Gasteiger partial charge in [0.2, 0.25) is 0 Å². The van der Waals surface area contributed by atoms with Crippen molar-refractivity contribution in [1.82, 2.24) is 0 Å². The fraction of sp³-hybridized carbons (Fsp3) is 0.100. The molecule has 0 radical (unpaired) electrons. The first-order valence-electron chi connectivity index (χ1n) is 3.65. The number of rotatable bonds is 1. The molecule has 0 saturated carbocycles. The summed E-state index contributed by atoms with van der Waals surface area (Å²) in [6.45, 7) is 0. The maximum absolute atomic E-state index is 12.7. The highest BCUT2D eigenvalue weighted by atomic mass is 19.1. The van der Waals surface area contributed by atoms with Gasteiger partial charge >= 0.3 is 0 Å². The summed E-state index contributed by atoms with van der Waals surface area (Å²) in [5.41, 5.74) is 0.442. The lowest BCUT2D eigenvalue weighted by molar-refractivity contribution is -0.107. The predicted octanol–water partition coefficient (Wildman–Crippen LogP) is 1.47. The first-order valence-corrected chi connectivity index (χ1v) is 3.65. The Bertz CT molecular complexity index is 374. The van der Waals surface area contributed by atoms with Crippen molar-refractivity contribution in [2.75, 3.05) is 0 Å². The molecule has 0 atom stereocenters. The first kappa shape index (κ1) is 9.27. The molecule has 66 valence electrons. The number of aldehydes is 1. The maximum atomic E-state index is 12.7.